The maximum Gasteiger partial charge on any atom is 0.262 e. The fourth-order valence-electron chi connectivity index (χ4n) is 5.49. The van der Waals surface area contributed by atoms with E-state index in [4.69, 9.17) is 11.6 Å². The predicted molar refractivity (Wildman–Crippen MR) is 135 cm³/mol. The van der Waals surface area contributed by atoms with E-state index in [9.17, 15) is 14.4 Å². The van der Waals surface area contributed by atoms with Crippen LogP contribution >= 0.6 is 22.9 Å². The van der Waals surface area contributed by atoms with Gasteiger partial charge >= 0.3 is 0 Å². The second-order valence-corrected chi connectivity index (χ2v) is 10.7. The maximum atomic E-state index is 13.7. The quantitative estimate of drug-likeness (QED) is 0.589. The number of rotatable bonds is 5. The van der Waals surface area contributed by atoms with Crippen LogP contribution in [0.2, 0.25) is 0 Å². The molecule has 2 aromatic heterocycles. The van der Waals surface area contributed by atoms with Crippen LogP contribution in [0.15, 0.2) is 36.7 Å². The van der Waals surface area contributed by atoms with Gasteiger partial charge in [0, 0.05) is 41.7 Å². The van der Waals surface area contributed by atoms with E-state index in [-0.39, 0.29) is 34.8 Å². The van der Waals surface area contributed by atoms with E-state index in [1.54, 1.807) is 23.4 Å². The number of hydrogen-bond acceptors (Lipinski definition) is 5. The van der Waals surface area contributed by atoms with Gasteiger partial charge in [-0.3, -0.25) is 19.4 Å². The van der Waals surface area contributed by atoms with Crippen LogP contribution in [0.4, 0.5) is 0 Å². The number of nitrogens with zero attached hydrogens (tertiary/aromatic N) is 2. The van der Waals surface area contributed by atoms with Crippen LogP contribution in [-0.4, -0.2) is 51.5 Å². The fourth-order valence-corrected chi connectivity index (χ4v) is 6.80. The minimum atomic E-state index is -0.620. The lowest BCUT2D eigenvalue weighted by molar-refractivity contribution is -0.139. The molecule has 1 saturated heterocycles. The number of likely N-dealkylation sites (tertiary alicyclic amines) is 1. The molecule has 0 bridgehead atoms. The van der Waals surface area contributed by atoms with E-state index in [2.05, 4.69) is 10.3 Å². The molecule has 2 aromatic rings. The molecule has 3 aliphatic rings. The first-order valence-electron chi connectivity index (χ1n) is 12.3. The summed E-state index contributed by atoms with van der Waals surface area (Å²) in [7, 11) is 0. The Kier molecular flexibility index (Phi) is 8.04. The number of thiophene rings is 1. The van der Waals surface area contributed by atoms with E-state index in [0.29, 0.717) is 17.8 Å². The number of nitrogens with one attached hydrogen (secondary N) is 1. The first-order valence-corrected chi connectivity index (χ1v) is 13.6. The number of amides is 2. The smallest absolute Gasteiger partial charge is 0.262 e. The lowest BCUT2D eigenvalue weighted by atomic mass is 9.96. The normalized spacial score (nSPS) is 25.0. The number of aromatic nitrogens is 1. The Hall–Kier alpha value is -2.25. The molecule has 8 heteroatoms. The Morgan fingerprint density at radius 2 is 1.94 bits per heavy atom. The van der Waals surface area contributed by atoms with Crippen LogP contribution in [-0.2, 0) is 9.59 Å². The van der Waals surface area contributed by atoms with Crippen LogP contribution in [0.25, 0.3) is 10.4 Å². The topological polar surface area (TPSA) is 79.4 Å². The molecule has 3 fully saturated rings. The predicted octanol–water partition coefficient (Wildman–Crippen LogP) is 4.92. The molecule has 182 valence electrons. The molecule has 2 aliphatic carbocycles. The summed E-state index contributed by atoms with van der Waals surface area (Å²) in [6.45, 7) is 4.38. The number of fused-ring (bicyclic) bond motifs is 1. The molecule has 6 nitrogen and oxygen atoms in total. The average Bonchev–Trinajstić information content (AvgIpc) is 3.66. The summed E-state index contributed by atoms with van der Waals surface area (Å²) < 4.78 is 0. The van der Waals surface area contributed by atoms with Crippen molar-refractivity contribution in [3.05, 3.63) is 41.5 Å². The first kappa shape index (κ1) is 24.9. The van der Waals surface area contributed by atoms with Crippen molar-refractivity contribution in [1.29, 1.82) is 0 Å². The Labute approximate surface area is 210 Å². The van der Waals surface area contributed by atoms with Crippen molar-refractivity contribution in [2.45, 2.75) is 69.8 Å². The Bertz CT molecular complexity index is 1020. The van der Waals surface area contributed by atoms with Gasteiger partial charge in [-0.05, 0) is 43.4 Å². The standard InChI is InChI=1S/C24H26ClN3O3S.C2H6/c25-17-13-28(22-16(17)7-8-18(22)29)24(31)21(14-4-1-2-5-14)27-23(30)20-10-9-19(32-20)15-6-3-11-26-12-15;1-2/h3,6,9-12,14,16-17,21-22H,1-2,4-5,7-8,13H2,(H,27,30);1-2H3/t16-,17+,21+,22+;/m1./s1. The van der Waals surface area contributed by atoms with Gasteiger partial charge in [0.15, 0.2) is 5.78 Å². The van der Waals surface area contributed by atoms with E-state index in [0.717, 1.165) is 42.5 Å². The van der Waals surface area contributed by atoms with Gasteiger partial charge in [-0.1, -0.05) is 32.8 Å². The monoisotopic (exact) mass is 501 g/mol. The number of alkyl halides is 1. The number of Topliss-reactive ketones (excluding diaryl/α,β-unsaturated/α-hetero) is 1. The molecule has 34 heavy (non-hydrogen) atoms. The van der Waals surface area contributed by atoms with Gasteiger partial charge < -0.3 is 10.2 Å². The molecule has 4 atom stereocenters. The zero-order valence-electron chi connectivity index (χ0n) is 19.7. The average molecular weight is 502 g/mol. The highest BCUT2D eigenvalue weighted by molar-refractivity contribution is 7.17. The van der Waals surface area contributed by atoms with Crippen LogP contribution < -0.4 is 5.32 Å². The second kappa shape index (κ2) is 11.0. The van der Waals surface area contributed by atoms with Crippen molar-refractivity contribution in [2.75, 3.05) is 6.54 Å². The summed E-state index contributed by atoms with van der Waals surface area (Å²) in [5.74, 6) is -0.169. The molecule has 5 rings (SSSR count). The lowest BCUT2D eigenvalue weighted by Crippen LogP contribution is -2.54. The summed E-state index contributed by atoms with van der Waals surface area (Å²) in [6.07, 6.45) is 8.62. The lowest BCUT2D eigenvalue weighted by Gasteiger charge is -2.31. The van der Waals surface area contributed by atoms with E-state index < -0.39 is 12.1 Å². The molecule has 1 N–H and O–H groups in total. The summed E-state index contributed by atoms with van der Waals surface area (Å²) in [5.41, 5.74) is 0.955. The van der Waals surface area contributed by atoms with Crippen molar-refractivity contribution in [3.8, 4) is 10.4 Å². The van der Waals surface area contributed by atoms with E-state index in [1.807, 2.05) is 32.0 Å². The second-order valence-electron chi connectivity index (χ2n) is 9.02. The summed E-state index contributed by atoms with van der Waals surface area (Å²) in [4.78, 5) is 46.6. The third-order valence-electron chi connectivity index (χ3n) is 7.11. The summed E-state index contributed by atoms with van der Waals surface area (Å²) in [5, 5.41) is 2.84. The molecule has 2 saturated carbocycles. The minimum absolute atomic E-state index is 0.0346. The van der Waals surface area contributed by atoms with Crippen molar-refractivity contribution in [2.24, 2.45) is 11.8 Å². The molecule has 2 amide bonds. The van der Waals surface area contributed by atoms with Crippen molar-refractivity contribution >= 4 is 40.5 Å². The SMILES string of the molecule is CC.O=C(N[C@H](C(=O)N1C[C@H](Cl)[C@H]2CCC(=O)[C@H]21)C1CCCC1)c1ccc(-c2cccnc2)s1. The highest BCUT2D eigenvalue weighted by Crippen LogP contribution is 2.40. The number of hydrogen-bond donors (Lipinski definition) is 1. The minimum Gasteiger partial charge on any atom is -0.339 e. The van der Waals surface area contributed by atoms with Gasteiger partial charge in [-0.15, -0.1) is 22.9 Å². The Morgan fingerprint density at radius 1 is 1.18 bits per heavy atom. The molecular formula is C26H32ClN3O3S. The number of pyridine rings is 1. The third-order valence-corrected chi connectivity index (χ3v) is 8.71. The molecule has 3 heterocycles. The van der Waals surface area contributed by atoms with Gasteiger partial charge in [0.25, 0.3) is 5.91 Å². The van der Waals surface area contributed by atoms with Crippen LogP contribution in [0.1, 0.15) is 62.0 Å². The van der Waals surface area contributed by atoms with Crippen LogP contribution in [0.3, 0.4) is 0 Å². The van der Waals surface area contributed by atoms with E-state index >= 15 is 0 Å². The third kappa shape index (κ3) is 4.91. The summed E-state index contributed by atoms with van der Waals surface area (Å²) >= 11 is 7.89. The van der Waals surface area contributed by atoms with Gasteiger partial charge in [-0.2, -0.15) is 0 Å². The van der Waals surface area contributed by atoms with Gasteiger partial charge in [0.05, 0.1) is 16.3 Å². The molecular weight excluding hydrogens is 470 g/mol. The Balaban J connectivity index is 0.00000133. The Morgan fingerprint density at radius 3 is 2.65 bits per heavy atom. The largest absolute Gasteiger partial charge is 0.339 e. The fraction of sp³-hybridized carbons (Fsp3) is 0.538. The van der Waals surface area contributed by atoms with Crippen molar-refractivity contribution < 1.29 is 14.4 Å². The number of carbonyl (C=O) groups is 3. The number of carbonyl (C=O) groups excluding carboxylic acids is 3. The molecule has 1 aliphatic heterocycles. The van der Waals surface area contributed by atoms with E-state index in [1.165, 1.54) is 11.3 Å². The number of halogens is 1. The van der Waals surface area contributed by atoms with Crippen LogP contribution in [0.5, 0.6) is 0 Å². The van der Waals surface area contributed by atoms with Crippen LogP contribution in [0, 0.1) is 11.8 Å². The van der Waals surface area contributed by atoms with Crippen molar-refractivity contribution in [1.82, 2.24) is 15.2 Å². The zero-order valence-corrected chi connectivity index (χ0v) is 21.3. The first-order chi connectivity index (χ1) is 16.5. The highest BCUT2D eigenvalue weighted by Gasteiger charge is 2.52. The van der Waals surface area contributed by atoms with Crippen molar-refractivity contribution in [3.63, 3.8) is 0 Å². The van der Waals surface area contributed by atoms with Gasteiger partial charge in [0.1, 0.15) is 6.04 Å². The van der Waals surface area contributed by atoms with Gasteiger partial charge in [-0.25, -0.2) is 0 Å². The van der Waals surface area contributed by atoms with Gasteiger partial charge in [0.2, 0.25) is 5.91 Å². The molecule has 0 radical (unpaired) electrons. The highest BCUT2D eigenvalue weighted by atomic mass is 35.5. The molecule has 0 spiro atoms. The summed E-state index contributed by atoms with van der Waals surface area (Å²) in [6, 6.07) is 6.47. The maximum absolute atomic E-state index is 13.7. The molecule has 0 unspecified atom stereocenters. The number of ketones is 1. The zero-order chi connectivity index (χ0) is 24.2. The molecule has 0 aromatic carbocycles.